The zero-order chi connectivity index (χ0) is 18.3. The first kappa shape index (κ1) is 20.4. The summed E-state index contributed by atoms with van der Waals surface area (Å²) in [4.78, 5) is 25.4. The number of ether oxygens (including phenoxy) is 1. The van der Waals surface area contributed by atoms with Crippen molar-refractivity contribution in [3.63, 3.8) is 0 Å². The minimum Gasteiger partial charge on any atom is -0.426 e. The topological polar surface area (TPSA) is 46.6 Å². The van der Waals surface area contributed by atoms with Gasteiger partial charge >= 0.3 is 5.97 Å². The molecule has 134 valence electrons. The second-order valence-electron chi connectivity index (χ2n) is 7.09. The van der Waals surface area contributed by atoms with Gasteiger partial charge in [0.25, 0.3) is 0 Å². The molecule has 1 aromatic rings. The molecule has 0 aliphatic carbocycles. The molecule has 0 aliphatic heterocycles. The Bertz CT molecular complexity index is 542. The summed E-state index contributed by atoms with van der Waals surface area (Å²) in [5.41, 5.74) is 1.53. The summed E-state index contributed by atoms with van der Waals surface area (Å²) in [6, 6.07) is 6.22. The quantitative estimate of drug-likeness (QED) is 0.387. The zero-order valence-corrected chi connectivity index (χ0v) is 15.8. The van der Waals surface area contributed by atoms with E-state index in [-0.39, 0.29) is 11.9 Å². The van der Waals surface area contributed by atoms with E-state index >= 15 is 0 Å². The van der Waals surface area contributed by atoms with E-state index in [2.05, 4.69) is 32.6 Å². The van der Waals surface area contributed by atoms with E-state index in [1.165, 1.54) is 0 Å². The van der Waals surface area contributed by atoms with Gasteiger partial charge in [0, 0.05) is 17.6 Å². The summed E-state index contributed by atoms with van der Waals surface area (Å²) in [7, 11) is 0. The van der Waals surface area contributed by atoms with Crippen LogP contribution in [0.2, 0.25) is 0 Å². The van der Waals surface area contributed by atoms with Crippen LogP contribution in [0.15, 0.2) is 18.2 Å². The third kappa shape index (κ3) is 6.08. The average Bonchev–Trinajstić information content (AvgIpc) is 2.51. The third-order valence-electron chi connectivity index (χ3n) is 4.09. The molecule has 1 aromatic carbocycles. The number of hydrogen-bond acceptors (Lipinski definition) is 4. The van der Waals surface area contributed by atoms with E-state index < -0.39 is 0 Å². The first-order valence-corrected chi connectivity index (χ1v) is 8.81. The van der Waals surface area contributed by atoms with Crippen LogP contribution in [-0.2, 0) is 11.2 Å². The largest absolute Gasteiger partial charge is 0.426 e. The molecule has 0 radical (unpaired) electrons. The van der Waals surface area contributed by atoms with Crippen molar-refractivity contribution in [3.8, 4) is 5.75 Å². The smallest absolute Gasteiger partial charge is 0.313 e. The Hall–Kier alpha value is -1.68. The van der Waals surface area contributed by atoms with Gasteiger partial charge < -0.3 is 4.74 Å². The maximum Gasteiger partial charge on any atom is 0.313 e. The standard InChI is InChI=1S/C20H31NO3/c1-14(2)20(23)24-19-10-9-17(13-22)12-18(19)8-7-11-21(15(3)4)16(5)6/h9-10,12-16H,7-8,11H2,1-6H3. The summed E-state index contributed by atoms with van der Waals surface area (Å²) in [5, 5.41) is 0. The van der Waals surface area contributed by atoms with Crippen molar-refractivity contribution < 1.29 is 14.3 Å². The van der Waals surface area contributed by atoms with Crippen LogP contribution in [0.3, 0.4) is 0 Å². The number of esters is 1. The molecule has 0 N–H and O–H groups in total. The highest BCUT2D eigenvalue weighted by atomic mass is 16.5. The lowest BCUT2D eigenvalue weighted by atomic mass is 10.0. The van der Waals surface area contributed by atoms with Crippen LogP contribution in [0.25, 0.3) is 0 Å². The predicted molar refractivity (Wildman–Crippen MR) is 97.6 cm³/mol. The SMILES string of the molecule is CC(C)C(=O)Oc1ccc(C=O)cc1CCCN(C(C)C)C(C)C. The Morgan fingerprint density at radius 2 is 1.75 bits per heavy atom. The summed E-state index contributed by atoms with van der Waals surface area (Å²) in [6.45, 7) is 13.4. The molecule has 0 fully saturated rings. The van der Waals surface area contributed by atoms with Crippen molar-refractivity contribution in [1.29, 1.82) is 0 Å². The van der Waals surface area contributed by atoms with E-state index in [1.54, 1.807) is 12.1 Å². The molecular formula is C20H31NO3. The lowest BCUT2D eigenvalue weighted by Crippen LogP contribution is -2.37. The van der Waals surface area contributed by atoms with Crippen molar-refractivity contribution in [2.75, 3.05) is 6.54 Å². The number of hydrogen-bond donors (Lipinski definition) is 0. The van der Waals surface area contributed by atoms with Crippen LogP contribution < -0.4 is 4.74 Å². The van der Waals surface area contributed by atoms with Gasteiger partial charge in [-0.25, -0.2) is 0 Å². The van der Waals surface area contributed by atoms with Gasteiger partial charge in [-0.1, -0.05) is 13.8 Å². The van der Waals surface area contributed by atoms with Gasteiger partial charge in [-0.15, -0.1) is 0 Å². The van der Waals surface area contributed by atoms with Gasteiger partial charge in [0.2, 0.25) is 0 Å². The number of benzene rings is 1. The first-order valence-electron chi connectivity index (χ1n) is 8.81. The molecule has 4 heteroatoms. The second kappa shape index (κ2) is 9.58. The summed E-state index contributed by atoms with van der Waals surface area (Å²) < 4.78 is 5.49. The number of nitrogens with zero attached hydrogens (tertiary/aromatic N) is 1. The number of carbonyl (C=O) groups excluding carboxylic acids is 2. The third-order valence-corrected chi connectivity index (χ3v) is 4.09. The number of rotatable bonds is 9. The van der Waals surface area contributed by atoms with Gasteiger partial charge in [0.05, 0.1) is 5.92 Å². The van der Waals surface area contributed by atoms with E-state index in [4.69, 9.17) is 4.74 Å². The second-order valence-corrected chi connectivity index (χ2v) is 7.09. The zero-order valence-electron chi connectivity index (χ0n) is 15.8. The van der Waals surface area contributed by atoms with Gasteiger partial charge in [-0.2, -0.15) is 0 Å². The highest BCUT2D eigenvalue weighted by Gasteiger charge is 2.15. The van der Waals surface area contributed by atoms with E-state index in [1.807, 2.05) is 19.9 Å². The number of aldehydes is 1. The predicted octanol–water partition coefficient (Wildman–Crippen LogP) is 4.11. The molecule has 0 spiro atoms. The molecule has 0 saturated heterocycles. The van der Waals surface area contributed by atoms with Crippen LogP contribution >= 0.6 is 0 Å². The summed E-state index contributed by atoms with van der Waals surface area (Å²) in [6.07, 6.45) is 2.55. The van der Waals surface area contributed by atoms with Crippen LogP contribution in [0.4, 0.5) is 0 Å². The van der Waals surface area contributed by atoms with Gasteiger partial charge in [0.15, 0.2) is 0 Å². The molecule has 4 nitrogen and oxygen atoms in total. The molecule has 0 aliphatic rings. The molecule has 24 heavy (non-hydrogen) atoms. The Morgan fingerprint density at radius 3 is 2.25 bits per heavy atom. The Labute approximate surface area is 146 Å². The van der Waals surface area contributed by atoms with Gasteiger partial charge in [-0.05, 0) is 70.8 Å². The van der Waals surface area contributed by atoms with Crippen molar-refractivity contribution in [2.45, 2.75) is 66.5 Å². The monoisotopic (exact) mass is 333 g/mol. The highest BCUT2D eigenvalue weighted by Crippen LogP contribution is 2.23. The van der Waals surface area contributed by atoms with Gasteiger partial charge in [0.1, 0.15) is 12.0 Å². The highest BCUT2D eigenvalue weighted by molar-refractivity contribution is 5.77. The molecular weight excluding hydrogens is 302 g/mol. The van der Waals surface area contributed by atoms with E-state index in [0.29, 0.717) is 23.4 Å². The van der Waals surface area contributed by atoms with Crippen molar-refractivity contribution >= 4 is 12.3 Å². The van der Waals surface area contributed by atoms with Gasteiger partial charge in [-0.3, -0.25) is 14.5 Å². The number of aryl methyl sites for hydroxylation is 1. The summed E-state index contributed by atoms with van der Waals surface area (Å²) >= 11 is 0. The van der Waals surface area contributed by atoms with Crippen molar-refractivity contribution in [1.82, 2.24) is 4.90 Å². The molecule has 1 rings (SSSR count). The maximum atomic E-state index is 11.9. The fourth-order valence-corrected chi connectivity index (χ4v) is 2.76. The van der Waals surface area contributed by atoms with Crippen LogP contribution in [0, 0.1) is 5.92 Å². The minimum atomic E-state index is -0.249. The molecule has 0 atom stereocenters. The normalized spacial score (nSPS) is 11.6. The van der Waals surface area contributed by atoms with Crippen molar-refractivity contribution in [2.24, 2.45) is 5.92 Å². The fourth-order valence-electron chi connectivity index (χ4n) is 2.76. The Kier molecular flexibility index (Phi) is 8.13. The van der Waals surface area contributed by atoms with Crippen LogP contribution in [0.1, 0.15) is 63.9 Å². The molecule has 0 aromatic heterocycles. The molecule has 0 bridgehead atoms. The lowest BCUT2D eigenvalue weighted by molar-refractivity contribution is -0.137. The molecule has 0 amide bonds. The minimum absolute atomic E-state index is 0.180. The Morgan fingerprint density at radius 1 is 1.12 bits per heavy atom. The summed E-state index contributed by atoms with van der Waals surface area (Å²) in [5.74, 6) is 0.141. The fraction of sp³-hybridized carbons (Fsp3) is 0.600. The lowest BCUT2D eigenvalue weighted by Gasteiger charge is -2.30. The van der Waals surface area contributed by atoms with Crippen molar-refractivity contribution in [3.05, 3.63) is 29.3 Å². The molecule has 0 heterocycles. The molecule has 0 saturated carbocycles. The number of carbonyl (C=O) groups is 2. The van der Waals surface area contributed by atoms with E-state index in [0.717, 1.165) is 31.2 Å². The maximum absolute atomic E-state index is 11.9. The average molecular weight is 333 g/mol. The van der Waals surface area contributed by atoms with Crippen LogP contribution in [-0.4, -0.2) is 35.8 Å². The van der Waals surface area contributed by atoms with Crippen LogP contribution in [0.5, 0.6) is 5.75 Å². The molecule has 0 unspecified atom stereocenters. The Balaban J connectivity index is 2.84. The first-order chi connectivity index (χ1) is 11.3. The van der Waals surface area contributed by atoms with E-state index in [9.17, 15) is 9.59 Å².